The Kier molecular flexibility index (Phi) is 4.36. The van der Waals surface area contributed by atoms with Crippen molar-refractivity contribution in [1.82, 2.24) is 15.2 Å². The second kappa shape index (κ2) is 6.22. The Balaban J connectivity index is 1.71. The summed E-state index contributed by atoms with van der Waals surface area (Å²) in [5, 5.41) is 7.41. The number of aromatic nitrogens is 1. The molecule has 3 rings (SSSR count). The molecule has 0 spiro atoms. The molecule has 2 heterocycles. The van der Waals surface area contributed by atoms with Gasteiger partial charge in [0.15, 0.2) is 0 Å². The lowest BCUT2D eigenvalue weighted by Crippen LogP contribution is -2.49. The number of piperazine rings is 1. The molecular formula is C15H18ClN3S. The van der Waals surface area contributed by atoms with Crippen molar-refractivity contribution >= 4 is 22.9 Å². The number of nitrogens with zero attached hydrogens (tertiary/aromatic N) is 2. The molecule has 2 aromatic rings. The van der Waals surface area contributed by atoms with Crippen molar-refractivity contribution in [3.63, 3.8) is 0 Å². The van der Waals surface area contributed by atoms with Gasteiger partial charge in [0.25, 0.3) is 0 Å². The molecule has 0 unspecified atom stereocenters. The molecular weight excluding hydrogens is 290 g/mol. The number of hydrogen-bond donors (Lipinski definition) is 1. The SMILES string of the molecule is C[C@@H]1CNCCN1Cc1csc(-c2ccc(Cl)cc2)n1. The minimum absolute atomic E-state index is 0.574. The topological polar surface area (TPSA) is 28.2 Å². The Morgan fingerprint density at radius 3 is 2.95 bits per heavy atom. The van der Waals surface area contributed by atoms with Crippen molar-refractivity contribution in [1.29, 1.82) is 0 Å². The van der Waals surface area contributed by atoms with Gasteiger partial charge in [0, 0.05) is 48.2 Å². The second-order valence-corrected chi connectivity index (χ2v) is 6.47. The van der Waals surface area contributed by atoms with E-state index in [-0.39, 0.29) is 0 Å². The zero-order chi connectivity index (χ0) is 13.9. The molecule has 1 saturated heterocycles. The first-order chi connectivity index (χ1) is 9.72. The van der Waals surface area contributed by atoms with Crippen LogP contribution in [0.2, 0.25) is 5.02 Å². The Labute approximate surface area is 128 Å². The van der Waals surface area contributed by atoms with Crippen molar-refractivity contribution in [2.24, 2.45) is 0 Å². The maximum absolute atomic E-state index is 5.92. The quantitative estimate of drug-likeness (QED) is 0.943. The van der Waals surface area contributed by atoms with Crippen LogP contribution in [0.3, 0.4) is 0 Å². The molecule has 20 heavy (non-hydrogen) atoms. The van der Waals surface area contributed by atoms with Crippen molar-refractivity contribution in [3.8, 4) is 10.6 Å². The summed E-state index contributed by atoms with van der Waals surface area (Å²) < 4.78 is 0. The summed E-state index contributed by atoms with van der Waals surface area (Å²) in [7, 11) is 0. The summed E-state index contributed by atoms with van der Waals surface area (Å²) in [6, 6.07) is 8.45. The third-order valence-corrected chi connectivity index (χ3v) is 4.84. The zero-order valence-electron chi connectivity index (χ0n) is 11.5. The highest BCUT2D eigenvalue weighted by Crippen LogP contribution is 2.25. The molecule has 1 aromatic carbocycles. The van der Waals surface area contributed by atoms with Crippen LogP contribution in [0.5, 0.6) is 0 Å². The van der Waals surface area contributed by atoms with Crippen molar-refractivity contribution in [3.05, 3.63) is 40.4 Å². The van der Waals surface area contributed by atoms with Gasteiger partial charge >= 0.3 is 0 Å². The predicted molar refractivity (Wildman–Crippen MR) is 85.3 cm³/mol. The molecule has 1 aliphatic rings. The number of thiazole rings is 1. The van der Waals surface area contributed by atoms with Gasteiger partial charge in [-0.2, -0.15) is 0 Å². The van der Waals surface area contributed by atoms with E-state index >= 15 is 0 Å². The number of hydrogen-bond acceptors (Lipinski definition) is 4. The number of halogens is 1. The van der Waals surface area contributed by atoms with Gasteiger partial charge in [-0.25, -0.2) is 4.98 Å². The Morgan fingerprint density at radius 1 is 1.40 bits per heavy atom. The molecule has 0 amide bonds. The van der Waals surface area contributed by atoms with Gasteiger partial charge in [-0.3, -0.25) is 4.90 Å². The van der Waals surface area contributed by atoms with E-state index in [4.69, 9.17) is 16.6 Å². The monoisotopic (exact) mass is 307 g/mol. The van der Waals surface area contributed by atoms with Crippen LogP contribution in [0.1, 0.15) is 12.6 Å². The standard InChI is InChI=1S/C15H18ClN3S/c1-11-8-17-6-7-19(11)9-14-10-20-15(18-14)12-2-4-13(16)5-3-12/h2-5,10-11,17H,6-9H2,1H3/t11-/m1/s1. The minimum Gasteiger partial charge on any atom is -0.314 e. The minimum atomic E-state index is 0.574. The summed E-state index contributed by atoms with van der Waals surface area (Å²) in [4.78, 5) is 7.24. The van der Waals surface area contributed by atoms with E-state index in [1.165, 1.54) is 0 Å². The molecule has 0 bridgehead atoms. The van der Waals surface area contributed by atoms with E-state index in [0.717, 1.165) is 47.5 Å². The Bertz CT molecular complexity index is 567. The number of nitrogens with one attached hydrogen (secondary N) is 1. The Morgan fingerprint density at radius 2 is 2.20 bits per heavy atom. The first-order valence-corrected chi connectivity index (χ1v) is 8.13. The van der Waals surface area contributed by atoms with E-state index in [0.29, 0.717) is 6.04 Å². The third-order valence-electron chi connectivity index (χ3n) is 3.65. The average molecular weight is 308 g/mol. The lowest BCUT2D eigenvalue weighted by Gasteiger charge is -2.33. The fraction of sp³-hybridized carbons (Fsp3) is 0.400. The molecule has 0 saturated carbocycles. The van der Waals surface area contributed by atoms with Gasteiger partial charge in [-0.05, 0) is 19.1 Å². The summed E-state index contributed by atoms with van der Waals surface area (Å²) in [6.45, 7) is 6.42. The zero-order valence-corrected chi connectivity index (χ0v) is 13.0. The highest BCUT2D eigenvalue weighted by atomic mass is 35.5. The second-order valence-electron chi connectivity index (χ2n) is 5.17. The molecule has 5 heteroatoms. The van der Waals surface area contributed by atoms with E-state index in [9.17, 15) is 0 Å². The average Bonchev–Trinajstić information content (AvgIpc) is 2.91. The molecule has 1 fully saturated rings. The van der Waals surface area contributed by atoms with Crippen molar-refractivity contribution in [2.75, 3.05) is 19.6 Å². The van der Waals surface area contributed by atoms with E-state index in [1.807, 2.05) is 24.3 Å². The van der Waals surface area contributed by atoms with Gasteiger partial charge in [0.05, 0.1) is 5.69 Å². The molecule has 106 valence electrons. The lowest BCUT2D eigenvalue weighted by atomic mass is 10.2. The van der Waals surface area contributed by atoms with Crippen LogP contribution in [0.4, 0.5) is 0 Å². The lowest BCUT2D eigenvalue weighted by molar-refractivity contribution is 0.164. The van der Waals surface area contributed by atoms with Gasteiger partial charge in [-0.15, -0.1) is 11.3 Å². The molecule has 3 nitrogen and oxygen atoms in total. The Hall–Kier alpha value is -0.940. The van der Waals surface area contributed by atoms with Gasteiger partial charge in [0.2, 0.25) is 0 Å². The maximum Gasteiger partial charge on any atom is 0.123 e. The number of benzene rings is 1. The first-order valence-electron chi connectivity index (χ1n) is 6.87. The van der Waals surface area contributed by atoms with E-state index < -0.39 is 0 Å². The van der Waals surface area contributed by atoms with Crippen molar-refractivity contribution < 1.29 is 0 Å². The first kappa shape index (κ1) is 14.0. The molecule has 1 aromatic heterocycles. The molecule has 1 atom stereocenters. The van der Waals surface area contributed by atoms with Crippen LogP contribution >= 0.6 is 22.9 Å². The van der Waals surface area contributed by atoms with Crippen molar-refractivity contribution in [2.45, 2.75) is 19.5 Å². The van der Waals surface area contributed by atoms with Crippen LogP contribution in [0, 0.1) is 0 Å². The highest BCUT2D eigenvalue weighted by molar-refractivity contribution is 7.13. The van der Waals surface area contributed by atoms with Crippen LogP contribution < -0.4 is 5.32 Å². The fourth-order valence-electron chi connectivity index (χ4n) is 2.43. The smallest absolute Gasteiger partial charge is 0.123 e. The van der Waals surface area contributed by atoms with Crippen LogP contribution in [-0.4, -0.2) is 35.6 Å². The van der Waals surface area contributed by atoms with E-state index in [2.05, 4.69) is 22.5 Å². The van der Waals surface area contributed by atoms with E-state index in [1.54, 1.807) is 11.3 Å². The van der Waals surface area contributed by atoms with Crippen LogP contribution in [0.25, 0.3) is 10.6 Å². The largest absolute Gasteiger partial charge is 0.314 e. The maximum atomic E-state index is 5.92. The van der Waals surface area contributed by atoms with Crippen LogP contribution in [-0.2, 0) is 6.54 Å². The normalized spacial score (nSPS) is 20.2. The van der Waals surface area contributed by atoms with Gasteiger partial charge < -0.3 is 5.32 Å². The molecule has 0 radical (unpaired) electrons. The molecule has 0 aliphatic carbocycles. The van der Waals surface area contributed by atoms with Gasteiger partial charge in [-0.1, -0.05) is 23.7 Å². The predicted octanol–water partition coefficient (Wildman–Crippen LogP) is 3.26. The summed E-state index contributed by atoms with van der Waals surface area (Å²) in [6.07, 6.45) is 0. The fourth-order valence-corrected chi connectivity index (χ4v) is 3.37. The molecule has 1 aliphatic heterocycles. The van der Waals surface area contributed by atoms with Crippen LogP contribution in [0.15, 0.2) is 29.6 Å². The summed E-state index contributed by atoms with van der Waals surface area (Å²) >= 11 is 7.62. The molecule has 1 N–H and O–H groups in total. The van der Waals surface area contributed by atoms with Gasteiger partial charge in [0.1, 0.15) is 5.01 Å². The highest BCUT2D eigenvalue weighted by Gasteiger charge is 2.18. The summed E-state index contributed by atoms with van der Waals surface area (Å²) in [5.74, 6) is 0. The number of rotatable bonds is 3. The summed E-state index contributed by atoms with van der Waals surface area (Å²) in [5.41, 5.74) is 2.30. The third kappa shape index (κ3) is 3.20.